The van der Waals surface area contributed by atoms with Crippen LogP contribution in [0.5, 0.6) is 0 Å². The fourth-order valence-electron chi connectivity index (χ4n) is 2.20. The third-order valence-electron chi connectivity index (χ3n) is 3.20. The van der Waals surface area contributed by atoms with Crippen LogP contribution in [0.4, 0.5) is 5.69 Å². The van der Waals surface area contributed by atoms with Crippen LogP contribution in [0.1, 0.15) is 33.1 Å². The Morgan fingerprint density at radius 2 is 1.94 bits per heavy atom. The van der Waals surface area contributed by atoms with Crippen molar-refractivity contribution in [3.63, 3.8) is 0 Å². The zero-order chi connectivity index (χ0) is 12.8. The number of rotatable bonds is 6. The first-order valence-corrected chi connectivity index (χ1v) is 7.62. The van der Waals surface area contributed by atoms with E-state index in [9.17, 15) is 0 Å². The van der Waals surface area contributed by atoms with Crippen molar-refractivity contribution in [3.05, 3.63) is 41.8 Å². The number of thiophene rings is 1. The van der Waals surface area contributed by atoms with E-state index in [1.807, 2.05) is 0 Å². The maximum atomic E-state index is 3.69. The zero-order valence-corrected chi connectivity index (χ0v) is 12.0. The third kappa shape index (κ3) is 3.14. The molecule has 0 aliphatic rings. The van der Waals surface area contributed by atoms with Crippen LogP contribution in [0.15, 0.2) is 41.8 Å². The summed E-state index contributed by atoms with van der Waals surface area (Å²) in [4.78, 5) is 1.34. The molecular formula is C16H21NS. The van der Waals surface area contributed by atoms with E-state index in [4.69, 9.17) is 0 Å². The first-order valence-electron chi connectivity index (χ1n) is 6.74. The molecule has 2 rings (SSSR count). The Morgan fingerprint density at radius 3 is 2.61 bits per heavy atom. The van der Waals surface area contributed by atoms with Gasteiger partial charge < -0.3 is 5.32 Å². The van der Waals surface area contributed by atoms with Crippen molar-refractivity contribution in [2.24, 2.45) is 0 Å². The molecule has 1 heterocycles. The van der Waals surface area contributed by atoms with E-state index in [0.717, 1.165) is 0 Å². The molecule has 0 bridgehead atoms. The molecule has 18 heavy (non-hydrogen) atoms. The van der Waals surface area contributed by atoms with E-state index >= 15 is 0 Å². The highest BCUT2D eigenvalue weighted by Gasteiger charge is 2.09. The van der Waals surface area contributed by atoms with Gasteiger partial charge in [-0.2, -0.15) is 0 Å². The SMILES string of the molecule is CCCC(CC)Nc1ccccc1-c1cccs1. The molecule has 1 N–H and O–H groups in total. The highest BCUT2D eigenvalue weighted by molar-refractivity contribution is 7.13. The maximum Gasteiger partial charge on any atom is 0.0430 e. The second-order valence-corrected chi connectivity index (χ2v) is 5.51. The molecule has 0 fully saturated rings. The molecule has 1 aromatic heterocycles. The van der Waals surface area contributed by atoms with Crippen molar-refractivity contribution in [1.82, 2.24) is 0 Å². The van der Waals surface area contributed by atoms with E-state index in [2.05, 4.69) is 60.9 Å². The predicted molar refractivity (Wildman–Crippen MR) is 82.4 cm³/mol. The average Bonchev–Trinajstić information content (AvgIpc) is 2.92. The van der Waals surface area contributed by atoms with Crippen molar-refractivity contribution in [1.29, 1.82) is 0 Å². The molecular weight excluding hydrogens is 238 g/mol. The van der Waals surface area contributed by atoms with Gasteiger partial charge in [-0.3, -0.25) is 0 Å². The Hall–Kier alpha value is -1.28. The fourth-order valence-corrected chi connectivity index (χ4v) is 2.97. The molecule has 0 saturated carbocycles. The van der Waals surface area contributed by atoms with Gasteiger partial charge in [0, 0.05) is 22.2 Å². The standard InChI is InChI=1S/C16H21NS/c1-3-8-13(4-2)17-15-10-6-5-9-14(15)16-11-7-12-18-16/h5-7,9-13,17H,3-4,8H2,1-2H3. The molecule has 2 heteroatoms. The van der Waals surface area contributed by atoms with Gasteiger partial charge in [0.15, 0.2) is 0 Å². The van der Waals surface area contributed by atoms with Crippen LogP contribution < -0.4 is 5.32 Å². The van der Waals surface area contributed by atoms with E-state index in [1.54, 1.807) is 11.3 Å². The number of para-hydroxylation sites is 1. The lowest BCUT2D eigenvalue weighted by molar-refractivity contribution is 0.623. The fraction of sp³-hybridized carbons (Fsp3) is 0.375. The summed E-state index contributed by atoms with van der Waals surface area (Å²) in [5, 5.41) is 5.83. The van der Waals surface area contributed by atoms with Gasteiger partial charge in [-0.15, -0.1) is 11.3 Å². The van der Waals surface area contributed by atoms with Crippen molar-refractivity contribution < 1.29 is 0 Å². The Balaban J connectivity index is 2.22. The lowest BCUT2D eigenvalue weighted by atomic mass is 10.1. The van der Waals surface area contributed by atoms with Crippen molar-refractivity contribution in [2.45, 2.75) is 39.2 Å². The molecule has 0 radical (unpaired) electrons. The van der Waals surface area contributed by atoms with Crippen LogP contribution in [-0.4, -0.2) is 6.04 Å². The molecule has 1 atom stereocenters. The van der Waals surface area contributed by atoms with Crippen LogP contribution >= 0.6 is 11.3 Å². The highest BCUT2D eigenvalue weighted by Crippen LogP contribution is 2.32. The quantitative estimate of drug-likeness (QED) is 0.731. The largest absolute Gasteiger partial charge is 0.382 e. The van der Waals surface area contributed by atoms with Crippen molar-refractivity contribution in [3.8, 4) is 10.4 Å². The van der Waals surface area contributed by atoms with Gasteiger partial charge >= 0.3 is 0 Å². The Labute approximate surface area is 114 Å². The minimum atomic E-state index is 0.580. The molecule has 1 aromatic carbocycles. The normalized spacial score (nSPS) is 12.3. The molecule has 0 aliphatic heterocycles. The number of hydrogen-bond donors (Lipinski definition) is 1. The highest BCUT2D eigenvalue weighted by atomic mass is 32.1. The lowest BCUT2D eigenvalue weighted by Gasteiger charge is -2.19. The summed E-state index contributed by atoms with van der Waals surface area (Å²) < 4.78 is 0. The van der Waals surface area contributed by atoms with E-state index in [0.29, 0.717) is 6.04 Å². The van der Waals surface area contributed by atoms with Crippen LogP contribution in [-0.2, 0) is 0 Å². The van der Waals surface area contributed by atoms with Crippen LogP contribution in [0.3, 0.4) is 0 Å². The molecule has 0 amide bonds. The third-order valence-corrected chi connectivity index (χ3v) is 4.11. The molecule has 0 aliphatic carbocycles. The summed E-state index contributed by atoms with van der Waals surface area (Å²) in [6, 6.07) is 13.5. The van der Waals surface area contributed by atoms with Gasteiger partial charge in [-0.25, -0.2) is 0 Å². The summed E-state index contributed by atoms with van der Waals surface area (Å²) in [6.45, 7) is 4.50. The first-order chi connectivity index (χ1) is 8.85. The maximum absolute atomic E-state index is 3.69. The van der Waals surface area contributed by atoms with Gasteiger partial charge in [0.25, 0.3) is 0 Å². The number of nitrogens with one attached hydrogen (secondary N) is 1. The monoisotopic (exact) mass is 259 g/mol. The summed E-state index contributed by atoms with van der Waals surface area (Å²) in [6.07, 6.45) is 3.63. The van der Waals surface area contributed by atoms with Gasteiger partial charge in [0.2, 0.25) is 0 Å². The molecule has 1 unspecified atom stereocenters. The minimum Gasteiger partial charge on any atom is -0.382 e. The summed E-state index contributed by atoms with van der Waals surface area (Å²) in [5.41, 5.74) is 2.59. The minimum absolute atomic E-state index is 0.580. The van der Waals surface area contributed by atoms with E-state index in [1.165, 1.54) is 35.4 Å². The molecule has 2 aromatic rings. The van der Waals surface area contributed by atoms with Gasteiger partial charge in [-0.1, -0.05) is 44.5 Å². The summed E-state index contributed by atoms with van der Waals surface area (Å²) >= 11 is 1.80. The van der Waals surface area contributed by atoms with Gasteiger partial charge in [0.1, 0.15) is 0 Å². The van der Waals surface area contributed by atoms with E-state index in [-0.39, 0.29) is 0 Å². The molecule has 96 valence electrons. The van der Waals surface area contributed by atoms with Crippen LogP contribution in [0, 0.1) is 0 Å². The molecule has 0 saturated heterocycles. The van der Waals surface area contributed by atoms with Crippen LogP contribution in [0.2, 0.25) is 0 Å². The Bertz CT molecular complexity index is 462. The number of anilines is 1. The zero-order valence-electron chi connectivity index (χ0n) is 11.1. The Kier molecular flexibility index (Phi) is 4.82. The second kappa shape index (κ2) is 6.60. The Morgan fingerprint density at radius 1 is 1.11 bits per heavy atom. The first kappa shape index (κ1) is 13.2. The van der Waals surface area contributed by atoms with Gasteiger partial charge in [0.05, 0.1) is 0 Å². The number of hydrogen-bond acceptors (Lipinski definition) is 2. The molecule has 1 nitrogen and oxygen atoms in total. The van der Waals surface area contributed by atoms with Crippen molar-refractivity contribution in [2.75, 3.05) is 5.32 Å². The van der Waals surface area contributed by atoms with Crippen LogP contribution in [0.25, 0.3) is 10.4 Å². The smallest absolute Gasteiger partial charge is 0.0430 e. The lowest BCUT2D eigenvalue weighted by Crippen LogP contribution is -2.18. The molecule has 0 spiro atoms. The van der Waals surface area contributed by atoms with Crippen molar-refractivity contribution >= 4 is 17.0 Å². The summed E-state index contributed by atoms with van der Waals surface area (Å²) in [7, 11) is 0. The van der Waals surface area contributed by atoms with E-state index < -0.39 is 0 Å². The number of benzene rings is 1. The second-order valence-electron chi connectivity index (χ2n) is 4.56. The average molecular weight is 259 g/mol. The summed E-state index contributed by atoms with van der Waals surface area (Å²) in [5.74, 6) is 0. The topological polar surface area (TPSA) is 12.0 Å². The van der Waals surface area contributed by atoms with Gasteiger partial charge in [-0.05, 0) is 30.4 Å². The predicted octanol–water partition coefficient (Wildman–Crippen LogP) is 5.41.